The lowest BCUT2D eigenvalue weighted by Crippen LogP contribution is -2.52. The van der Waals surface area contributed by atoms with Crippen LogP contribution in [0.1, 0.15) is 56.4 Å². The van der Waals surface area contributed by atoms with E-state index in [0.717, 1.165) is 32.1 Å². The molecule has 2 aliphatic rings. The zero-order valence-electron chi connectivity index (χ0n) is 16.2. The molecule has 1 heterocycles. The molecule has 1 N–H and O–H groups in total. The number of carbonyl (C=O) groups is 2. The van der Waals surface area contributed by atoms with Crippen molar-refractivity contribution in [3.05, 3.63) is 35.9 Å². The fourth-order valence-electron chi connectivity index (χ4n) is 4.78. The third-order valence-electron chi connectivity index (χ3n) is 6.38. The molecule has 2 fully saturated rings. The van der Waals surface area contributed by atoms with Crippen molar-refractivity contribution in [3.63, 3.8) is 0 Å². The minimum Gasteiger partial charge on any atom is -0.481 e. The molecule has 0 spiro atoms. The minimum absolute atomic E-state index is 0.111. The smallest absolute Gasteiger partial charge is 0.313 e. The first-order valence-electron chi connectivity index (χ1n) is 10.1. The summed E-state index contributed by atoms with van der Waals surface area (Å²) >= 11 is 0. The molecular formula is C22H31NO4. The molecule has 3 rings (SSSR count). The molecule has 5 heteroatoms. The van der Waals surface area contributed by atoms with Crippen molar-refractivity contribution in [2.45, 2.75) is 50.9 Å². The highest BCUT2D eigenvalue weighted by Gasteiger charge is 2.44. The average molecular weight is 373 g/mol. The van der Waals surface area contributed by atoms with Crippen molar-refractivity contribution in [2.24, 2.45) is 11.3 Å². The lowest BCUT2D eigenvalue weighted by molar-refractivity contribution is -0.159. The van der Waals surface area contributed by atoms with Crippen LogP contribution < -0.4 is 0 Å². The van der Waals surface area contributed by atoms with Gasteiger partial charge < -0.3 is 14.7 Å². The predicted octanol–water partition coefficient (Wildman–Crippen LogP) is 3.69. The largest absolute Gasteiger partial charge is 0.481 e. The Kier molecular flexibility index (Phi) is 6.53. The fourth-order valence-corrected chi connectivity index (χ4v) is 4.78. The topological polar surface area (TPSA) is 66.8 Å². The third kappa shape index (κ3) is 4.70. The van der Waals surface area contributed by atoms with Gasteiger partial charge in [0.15, 0.2) is 0 Å². The molecule has 1 unspecified atom stereocenters. The number of carbonyl (C=O) groups excluding carboxylic acids is 1. The summed E-state index contributed by atoms with van der Waals surface area (Å²) in [6, 6.07) is 10.6. The summed E-state index contributed by atoms with van der Waals surface area (Å²) in [4.78, 5) is 26.4. The first kappa shape index (κ1) is 19.9. The molecule has 0 aromatic heterocycles. The van der Waals surface area contributed by atoms with Gasteiger partial charge in [-0.3, -0.25) is 9.59 Å². The van der Waals surface area contributed by atoms with Crippen molar-refractivity contribution in [2.75, 3.05) is 26.8 Å². The lowest BCUT2D eigenvalue weighted by atomic mass is 9.77. The van der Waals surface area contributed by atoms with Crippen LogP contribution in [0.2, 0.25) is 0 Å². The van der Waals surface area contributed by atoms with E-state index < -0.39 is 11.4 Å². The highest BCUT2D eigenvalue weighted by Crippen LogP contribution is 2.38. The number of rotatable bonds is 6. The maximum absolute atomic E-state index is 12.8. The maximum atomic E-state index is 12.8. The summed E-state index contributed by atoms with van der Waals surface area (Å²) in [5, 5.41) is 9.66. The lowest BCUT2D eigenvalue weighted by Gasteiger charge is -2.40. The Morgan fingerprint density at radius 2 is 1.89 bits per heavy atom. The van der Waals surface area contributed by atoms with E-state index in [4.69, 9.17) is 4.74 Å². The second-order valence-corrected chi connectivity index (χ2v) is 8.27. The van der Waals surface area contributed by atoms with Crippen LogP contribution in [0, 0.1) is 11.3 Å². The van der Waals surface area contributed by atoms with Crippen LogP contribution in [0.25, 0.3) is 0 Å². The quantitative estimate of drug-likeness (QED) is 0.826. The Hall–Kier alpha value is -1.88. The normalized spacial score (nSPS) is 28.7. The van der Waals surface area contributed by atoms with Gasteiger partial charge in [-0.15, -0.1) is 0 Å². The Labute approximate surface area is 161 Å². The Bertz CT molecular complexity index is 635. The van der Waals surface area contributed by atoms with E-state index in [-0.39, 0.29) is 19.1 Å². The van der Waals surface area contributed by atoms with Gasteiger partial charge in [-0.05, 0) is 55.9 Å². The second kappa shape index (κ2) is 8.87. The number of nitrogens with zero attached hydrogens (tertiary/aromatic N) is 1. The number of methoxy groups -OCH3 is 1. The molecule has 1 aliphatic heterocycles. The number of amides is 1. The average Bonchev–Trinajstić information content (AvgIpc) is 2.69. The van der Waals surface area contributed by atoms with Crippen molar-refractivity contribution in [1.29, 1.82) is 0 Å². The van der Waals surface area contributed by atoms with Gasteiger partial charge in [0.05, 0.1) is 6.61 Å². The Morgan fingerprint density at radius 1 is 1.19 bits per heavy atom. The van der Waals surface area contributed by atoms with Crippen LogP contribution in [-0.2, 0) is 14.3 Å². The number of benzene rings is 1. The van der Waals surface area contributed by atoms with Crippen molar-refractivity contribution in [3.8, 4) is 0 Å². The van der Waals surface area contributed by atoms with Crippen LogP contribution in [0.15, 0.2) is 30.3 Å². The van der Waals surface area contributed by atoms with E-state index in [2.05, 4.69) is 24.3 Å². The zero-order chi connectivity index (χ0) is 19.3. The highest BCUT2D eigenvalue weighted by atomic mass is 16.5. The first-order chi connectivity index (χ1) is 13.0. The van der Waals surface area contributed by atoms with Gasteiger partial charge in [0.2, 0.25) is 5.91 Å². The second-order valence-electron chi connectivity index (χ2n) is 8.27. The van der Waals surface area contributed by atoms with Gasteiger partial charge in [0, 0.05) is 26.6 Å². The van der Waals surface area contributed by atoms with E-state index in [1.54, 1.807) is 4.90 Å². The number of ether oxygens (including phenoxy) is 1. The number of piperidine rings is 1. The monoisotopic (exact) mass is 373 g/mol. The van der Waals surface area contributed by atoms with Gasteiger partial charge in [-0.25, -0.2) is 0 Å². The van der Waals surface area contributed by atoms with Gasteiger partial charge >= 0.3 is 5.97 Å². The van der Waals surface area contributed by atoms with Gasteiger partial charge in [0.1, 0.15) is 5.41 Å². The van der Waals surface area contributed by atoms with Crippen molar-refractivity contribution >= 4 is 11.9 Å². The number of hydrogen-bond acceptors (Lipinski definition) is 3. The number of likely N-dealkylation sites (tertiary alicyclic amines) is 1. The van der Waals surface area contributed by atoms with Gasteiger partial charge in [-0.1, -0.05) is 30.3 Å². The molecule has 1 saturated heterocycles. The zero-order valence-corrected chi connectivity index (χ0v) is 16.2. The molecule has 1 aromatic carbocycles. The van der Waals surface area contributed by atoms with Crippen molar-refractivity contribution < 1.29 is 19.4 Å². The van der Waals surface area contributed by atoms with Crippen LogP contribution in [0.4, 0.5) is 0 Å². The molecule has 1 saturated carbocycles. The molecule has 0 bridgehead atoms. The SMILES string of the molecule is COCC1(C(=O)O)CCCN(C(=O)CC2CCC(c3ccccc3)CC2)C1. The van der Waals surface area contributed by atoms with Crippen LogP contribution in [-0.4, -0.2) is 48.7 Å². The van der Waals surface area contributed by atoms with E-state index in [9.17, 15) is 14.7 Å². The van der Waals surface area contributed by atoms with E-state index >= 15 is 0 Å². The molecule has 0 radical (unpaired) electrons. The molecule has 1 amide bonds. The van der Waals surface area contributed by atoms with E-state index in [1.165, 1.54) is 12.7 Å². The molecular weight excluding hydrogens is 342 g/mol. The van der Waals surface area contributed by atoms with Crippen LogP contribution >= 0.6 is 0 Å². The first-order valence-corrected chi connectivity index (χ1v) is 10.1. The summed E-state index contributed by atoms with van der Waals surface area (Å²) in [6.45, 7) is 1.10. The number of carboxylic acid groups (broad SMARTS) is 1. The summed E-state index contributed by atoms with van der Waals surface area (Å²) in [5.41, 5.74) is 0.456. The molecule has 148 valence electrons. The highest BCUT2D eigenvalue weighted by molar-refractivity contribution is 5.80. The summed E-state index contributed by atoms with van der Waals surface area (Å²) < 4.78 is 5.16. The van der Waals surface area contributed by atoms with E-state index in [0.29, 0.717) is 31.2 Å². The molecule has 27 heavy (non-hydrogen) atoms. The minimum atomic E-state index is -0.951. The van der Waals surface area contributed by atoms with Crippen LogP contribution in [0.3, 0.4) is 0 Å². The summed E-state index contributed by atoms with van der Waals surface area (Å²) in [7, 11) is 1.52. The predicted molar refractivity (Wildman–Crippen MR) is 104 cm³/mol. The number of hydrogen-bond donors (Lipinski definition) is 1. The van der Waals surface area contributed by atoms with Crippen molar-refractivity contribution in [1.82, 2.24) is 4.90 Å². The molecule has 1 atom stereocenters. The number of carboxylic acids is 1. The van der Waals surface area contributed by atoms with Crippen LogP contribution in [0.5, 0.6) is 0 Å². The van der Waals surface area contributed by atoms with Gasteiger partial charge in [-0.2, -0.15) is 0 Å². The van der Waals surface area contributed by atoms with Gasteiger partial charge in [0.25, 0.3) is 0 Å². The summed E-state index contributed by atoms with van der Waals surface area (Å²) in [5.74, 6) is 0.278. The Balaban J connectivity index is 1.53. The molecule has 1 aliphatic carbocycles. The summed E-state index contributed by atoms with van der Waals surface area (Å²) in [6.07, 6.45) is 6.24. The molecule has 5 nitrogen and oxygen atoms in total. The molecule has 1 aromatic rings. The Morgan fingerprint density at radius 3 is 2.52 bits per heavy atom. The van der Waals surface area contributed by atoms with E-state index in [1.807, 2.05) is 6.07 Å². The maximum Gasteiger partial charge on any atom is 0.313 e. The standard InChI is InChI=1S/C22H31NO4/c1-27-16-22(21(25)26)12-5-13-23(15-22)20(24)14-17-8-10-19(11-9-17)18-6-3-2-4-7-18/h2-4,6-7,17,19H,5,8-16H2,1H3,(H,25,26). The number of aliphatic carboxylic acids is 1. The fraction of sp³-hybridized carbons (Fsp3) is 0.636. The third-order valence-corrected chi connectivity index (χ3v) is 6.38.